The molecule has 0 spiro atoms. The second-order valence-corrected chi connectivity index (χ2v) is 12.7. The number of aliphatic hydroxyl groups is 1. The smallest absolute Gasteiger partial charge is 0.333 e. The van der Waals surface area contributed by atoms with Crippen LogP contribution in [0.2, 0.25) is 0 Å². The van der Waals surface area contributed by atoms with Crippen LogP contribution < -0.4 is 0 Å². The molecule has 0 aromatic carbocycles. The van der Waals surface area contributed by atoms with Gasteiger partial charge in [0.15, 0.2) is 17.0 Å². The molecule has 2 saturated carbocycles. The molecule has 1 aliphatic heterocycles. The minimum absolute atomic E-state index is 0.111. The Kier molecular flexibility index (Phi) is 8.27. The lowest BCUT2D eigenvalue weighted by Gasteiger charge is -2.28. The fourth-order valence-corrected chi connectivity index (χ4v) is 7.48. The number of epoxide rings is 1. The fraction of sp³-hybridized carbons (Fsp3) is 0.710. The molecule has 42 heavy (non-hydrogen) atoms. The highest BCUT2D eigenvalue weighted by Crippen LogP contribution is 2.69. The molecule has 4 aliphatic rings. The molecule has 232 valence electrons. The molecule has 0 aromatic heterocycles. The molecular formula is C31H42O11. The van der Waals surface area contributed by atoms with Crippen LogP contribution in [0.25, 0.3) is 0 Å². The van der Waals surface area contributed by atoms with Crippen molar-refractivity contribution >= 4 is 29.7 Å². The molecule has 1 heterocycles. The van der Waals surface area contributed by atoms with Crippen LogP contribution in [0.15, 0.2) is 23.3 Å². The maximum Gasteiger partial charge on any atom is 0.333 e. The van der Waals surface area contributed by atoms with Crippen molar-refractivity contribution in [3.8, 4) is 0 Å². The first-order chi connectivity index (χ1) is 19.5. The molecule has 0 unspecified atom stereocenters. The number of rotatable bonds is 6. The van der Waals surface area contributed by atoms with Gasteiger partial charge in [-0.2, -0.15) is 0 Å². The zero-order valence-electron chi connectivity index (χ0n) is 25.7. The molecule has 1 N–H and O–H groups in total. The summed E-state index contributed by atoms with van der Waals surface area (Å²) in [4.78, 5) is 63.8. The van der Waals surface area contributed by atoms with Crippen molar-refractivity contribution in [1.29, 1.82) is 0 Å². The third kappa shape index (κ3) is 4.98. The predicted molar refractivity (Wildman–Crippen MR) is 146 cm³/mol. The highest BCUT2D eigenvalue weighted by Gasteiger charge is 2.84. The number of allylic oxidation sites excluding steroid dienone is 1. The van der Waals surface area contributed by atoms with E-state index in [2.05, 4.69) is 0 Å². The summed E-state index contributed by atoms with van der Waals surface area (Å²) in [5.74, 6) is -5.11. The van der Waals surface area contributed by atoms with E-state index in [4.69, 9.17) is 23.7 Å². The molecule has 0 amide bonds. The lowest BCUT2D eigenvalue weighted by molar-refractivity contribution is -0.157. The van der Waals surface area contributed by atoms with Crippen molar-refractivity contribution in [1.82, 2.24) is 0 Å². The highest BCUT2D eigenvalue weighted by atomic mass is 16.7. The number of carbonyl (C=O) groups is 5. The largest absolute Gasteiger partial charge is 0.465 e. The van der Waals surface area contributed by atoms with Crippen LogP contribution in [-0.4, -0.2) is 77.0 Å². The number of ether oxygens (including phenoxy) is 5. The van der Waals surface area contributed by atoms with E-state index in [1.165, 1.54) is 20.8 Å². The summed E-state index contributed by atoms with van der Waals surface area (Å²) in [6.07, 6.45) is -0.915. The van der Waals surface area contributed by atoms with Gasteiger partial charge in [0.25, 0.3) is 0 Å². The maximum absolute atomic E-state index is 14.4. The molecule has 0 aromatic rings. The number of hydrogen-bond donors (Lipinski definition) is 1. The van der Waals surface area contributed by atoms with Crippen molar-refractivity contribution in [3.05, 3.63) is 23.3 Å². The van der Waals surface area contributed by atoms with E-state index in [1.54, 1.807) is 46.8 Å². The zero-order chi connectivity index (χ0) is 31.5. The number of aliphatic hydroxyl groups excluding tert-OH is 1. The van der Waals surface area contributed by atoms with Crippen molar-refractivity contribution in [2.24, 2.45) is 29.1 Å². The first-order valence-corrected chi connectivity index (χ1v) is 14.4. The second-order valence-electron chi connectivity index (χ2n) is 12.7. The molecule has 11 nitrogen and oxygen atoms in total. The lowest BCUT2D eigenvalue weighted by Crippen LogP contribution is -2.43. The summed E-state index contributed by atoms with van der Waals surface area (Å²) in [6.45, 7) is 13.9. The van der Waals surface area contributed by atoms with Crippen LogP contribution in [-0.2, 0) is 47.7 Å². The average molecular weight is 591 g/mol. The first kappa shape index (κ1) is 31.9. The summed E-state index contributed by atoms with van der Waals surface area (Å²) in [7, 11) is 0. The van der Waals surface area contributed by atoms with Gasteiger partial charge in [0, 0.05) is 43.6 Å². The SMILES string of the molecule is C/C=C(\C)C(=O)O[C@H]1[C@H]2[C@@H]([C@@H](OC(C)=O)[C@@H](C)C(=O)[C@@]34C[C@H](C)[C@H](OC(C)=O)[C@]3(/C=C(\C)[C@H]1O)O4)[C@@]2(C)COC(C)=O. The monoisotopic (exact) mass is 590 g/mol. The van der Waals surface area contributed by atoms with Gasteiger partial charge in [-0.3, -0.25) is 19.2 Å². The van der Waals surface area contributed by atoms with E-state index in [0.717, 1.165) is 0 Å². The number of Topliss-reactive ketones (excluding diaryl/α,β-unsaturated/α-hetero) is 1. The molecule has 11 heteroatoms. The van der Waals surface area contributed by atoms with E-state index in [9.17, 15) is 29.1 Å². The zero-order valence-corrected chi connectivity index (χ0v) is 25.7. The third-order valence-electron chi connectivity index (χ3n) is 9.69. The summed E-state index contributed by atoms with van der Waals surface area (Å²) in [5.41, 5.74) is -2.97. The van der Waals surface area contributed by atoms with E-state index in [1.807, 2.05) is 6.92 Å². The molecule has 11 atom stereocenters. The number of ketones is 1. The van der Waals surface area contributed by atoms with Crippen LogP contribution in [0.4, 0.5) is 0 Å². The summed E-state index contributed by atoms with van der Waals surface area (Å²) in [5, 5.41) is 11.8. The summed E-state index contributed by atoms with van der Waals surface area (Å²) >= 11 is 0. The number of esters is 4. The second kappa shape index (κ2) is 10.9. The van der Waals surface area contributed by atoms with Gasteiger partial charge in [0.2, 0.25) is 0 Å². The van der Waals surface area contributed by atoms with Gasteiger partial charge in [-0.1, -0.05) is 26.8 Å². The van der Waals surface area contributed by atoms with Gasteiger partial charge in [0.05, 0.1) is 12.5 Å². The fourth-order valence-electron chi connectivity index (χ4n) is 7.48. The van der Waals surface area contributed by atoms with Crippen molar-refractivity contribution in [3.63, 3.8) is 0 Å². The van der Waals surface area contributed by atoms with Crippen LogP contribution >= 0.6 is 0 Å². The Labute approximate surface area is 245 Å². The topological polar surface area (TPSA) is 155 Å². The van der Waals surface area contributed by atoms with Crippen molar-refractivity contribution in [2.75, 3.05) is 6.61 Å². The Morgan fingerprint density at radius 3 is 2.14 bits per heavy atom. The molecular weight excluding hydrogens is 548 g/mol. The summed E-state index contributed by atoms with van der Waals surface area (Å²) < 4.78 is 29.1. The quantitative estimate of drug-likeness (QED) is 0.160. The number of hydrogen-bond acceptors (Lipinski definition) is 11. The van der Waals surface area contributed by atoms with E-state index in [-0.39, 0.29) is 24.7 Å². The van der Waals surface area contributed by atoms with Crippen LogP contribution in [0.5, 0.6) is 0 Å². The normalized spacial score (nSPS) is 43.7. The van der Waals surface area contributed by atoms with Crippen LogP contribution in [0, 0.1) is 29.1 Å². The molecule has 3 fully saturated rings. The minimum atomic E-state index is -1.38. The predicted octanol–water partition coefficient (Wildman–Crippen LogP) is 2.62. The minimum Gasteiger partial charge on any atom is -0.465 e. The van der Waals surface area contributed by atoms with Crippen molar-refractivity contribution < 1.29 is 52.8 Å². The summed E-state index contributed by atoms with van der Waals surface area (Å²) in [6, 6.07) is 0. The standard InChI is InChI=1S/C31H42O11/c1-10-14(2)28(37)41-25-22-21(29(22,9)13-38-18(6)32)24(39-19(7)33)17(5)26(36)30-12-16(4)27(40-20(8)34)31(30,42-30)11-15(3)23(25)35/h10-11,16-17,21-25,27,35H,12-13H2,1-9H3/b14-10+,15-11+/t16-,17+,21-,22+,23+,24-,25-,27-,29+,30-,31-/m0/s1. The van der Waals surface area contributed by atoms with Gasteiger partial charge in [-0.25, -0.2) is 4.79 Å². The molecule has 0 bridgehead atoms. The van der Waals surface area contributed by atoms with E-state index in [0.29, 0.717) is 11.1 Å². The van der Waals surface area contributed by atoms with E-state index >= 15 is 0 Å². The van der Waals surface area contributed by atoms with Crippen LogP contribution in [0.1, 0.15) is 68.7 Å². The van der Waals surface area contributed by atoms with Crippen molar-refractivity contribution in [2.45, 2.75) is 104 Å². The maximum atomic E-state index is 14.4. The van der Waals surface area contributed by atoms with Crippen LogP contribution in [0.3, 0.4) is 0 Å². The molecule has 0 radical (unpaired) electrons. The van der Waals surface area contributed by atoms with E-state index < -0.39 is 82.7 Å². The van der Waals surface area contributed by atoms with Gasteiger partial charge in [0.1, 0.15) is 24.4 Å². The lowest BCUT2D eigenvalue weighted by atomic mass is 9.80. The highest BCUT2D eigenvalue weighted by molar-refractivity contribution is 5.96. The van der Waals surface area contributed by atoms with Gasteiger partial charge >= 0.3 is 23.9 Å². The third-order valence-corrected chi connectivity index (χ3v) is 9.69. The Hall–Kier alpha value is -3.05. The Morgan fingerprint density at radius 1 is 1.00 bits per heavy atom. The first-order valence-electron chi connectivity index (χ1n) is 14.4. The van der Waals surface area contributed by atoms with Gasteiger partial charge in [-0.05, 0) is 44.8 Å². The Bertz CT molecular complexity index is 1250. The average Bonchev–Trinajstić information content (AvgIpc) is 3.72. The molecule has 1 saturated heterocycles. The van der Waals surface area contributed by atoms with Gasteiger partial charge in [-0.15, -0.1) is 0 Å². The Morgan fingerprint density at radius 2 is 1.60 bits per heavy atom. The Balaban J connectivity index is 1.91. The van der Waals surface area contributed by atoms with Gasteiger partial charge < -0.3 is 28.8 Å². The number of fused-ring (bicyclic) bond motifs is 1. The molecule has 4 rings (SSSR count). The number of carbonyl (C=O) groups excluding carboxylic acids is 5. The molecule has 3 aliphatic carbocycles.